The number of carbonyl (C=O) groups is 2. The van der Waals surface area contributed by atoms with Crippen LogP contribution in [0.15, 0.2) is 60.8 Å². The second-order valence-corrected chi connectivity index (χ2v) is 6.89. The van der Waals surface area contributed by atoms with E-state index in [0.717, 1.165) is 14.5 Å². The van der Waals surface area contributed by atoms with E-state index < -0.39 is 11.9 Å². The molecule has 3 rings (SSSR count). The summed E-state index contributed by atoms with van der Waals surface area (Å²) in [5.74, 6) is -0.931. The van der Waals surface area contributed by atoms with Crippen LogP contribution in [0.2, 0.25) is 0 Å². The van der Waals surface area contributed by atoms with Crippen LogP contribution in [-0.4, -0.2) is 22.8 Å². The molecule has 3 aromatic rings. The molecule has 1 atom stereocenters. The van der Waals surface area contributed by atoms with Crippen LogP contribution in [0.4, 0.5) is 0 Å². The first-order chi connectivity index (χ1) is 12.0. The van der Waals surface area contributed by atoms with Crippen molar-refractivity contribution in [3.8, 4) is 0 Å². The maximum atomic E-state index is 12.7. The van der Waals surface area contributed by atoms with Crippen LogP contribution in [0.25, 0.3) is 10.9 Å². The first-order valence-corrected chi connectivity index (χ1v) is 8.81. The van der Waals surface area contributed by atoms with E-state index in [0.29, 0.717) is 17.5 Å². The zero-order valence-corrected chi connectivity index (χ0v) is 15.4. The first-order valence-electron chi connectivity index (χ1n) is 7.73. The van der Waals surface area contributed by atoms with Gasteiger partial charge >= 0.3 is 0 Å². The van der Waals surface area contributed by atoms with Gasteiger partial charge in [0.1, 0.15) is 6.04 Å². The predicted molar refractivity (Wildman–Crippen MR) is 105 cm³/mol. The number of primary amides is 1. The van der Waals surface area contributed by atoms with E-state index in [1.165, 1.54) is 0 Å². The summed E-state index contributed by atoms with van der Waals surface area (Å²) in [6.45, 7) is 0. The topological polar surface area (TPSA) is 85.1 Å². The molecule has 0 aliphatic rings. The molecule has 6 heteroatoms. The Morgan fingerprint density at radius 3 is 2.64 bits per heavy atom. The highest BCUT2D eigenvalue weighted by molar-refractivity contribution is 14.1. The minimum atomic E-state index is -0.787. The van der Waals surface area contributed by atoms with E-state index in [4.69, 9.17) is 5.73 Å². The molecule has 2 amide bonds. The lowest BCUT2D eigenvalue weighted by molar-refractivity contribution is -0.119. The van der Waals surface area contributed by atoms with Gasteiger partial charge in [0.25, 0.3) is 5.91 Å². The van der Waals surface area contributed by atoms with E-state index in [1.54, 1.807) is 18.3 Å². The zero-order chi connectivity index (χ0) is 17.8. The van der Waals surface area contributed by atoms with Gasteiger partial charge in [0.05, 0.1) is 11.1 Å². The van der Waals surface area contributed by atoms with E-state index in [1.807, 2.05) is 42.5 Å². The highest BCUT2D eigenvalue weighted by Gasteiger charge is 2.21. The number of para-hydroxylation sites is 1. The third kappa shape index (κ3) is 4.14. The molecule has 126 valence electrons. The minimum absolute atomic E-state index is 0.343. The Bertz CT molecular complexity index is 937. The van der Waals surface area contributed by atoms with Crippen LogP contribution in [0.3, 0.4) is 0 Å². The summed E-state index contributed by atoms with van der Waals surface area (Å²) >= 11 is 2.20. The standard InChI is InChI=1S/C19H16IN3O2/c20-14-7-1-4-12(10-14)11-16(18(21)24)23-19(25)15-8-2-5-13-6-3-9-22-17(13)15/h1-10,16H,11H2,(H2,21,24)(H,23,25)/t16-/m1/s1. The lowest BCUT2D eigenvalue weighted by Crippen LogP contribution is -2.45. The second kappa shape index (κ2) is 7.60. The fraction of sp³-hybridized carbons (Fsp3) is 0.105. The predicted octanol–water partition coefficient (Wildman–Crippen LogP) is 2.67. The molecule has 1 aromatic heterocycles. The number of fused-ring (bicyclic) bond motifs is 1. The highest BCUT2D eigenvalue weighted by Crippen LogP contribution is 2.16. The van der Waals surface area contributed by atoms with Crippen LogP contribution in [0.1, 0.15) is 15.9 Å². The maximum Gasteiger partial charge on any atom is 0.254 e. The summed E-state index contributed by atoms with van der Waals surface area (Å²) < 4.78 is 1.06. The van der Waals surface area contributed by atoms with Gasteiger partial charge in [0.15, 0.2) is 0 Å². The molecule has 0 unspecified atom stereocenters. The lowest BCUT2D eigenvalue weighted by atomic mass is 10.0. The van der Waals surface area contributed by atoms with Crippen molar-refractivity contribution < 1.29 is 9.59 Å². The number of nitrogens with two attached hydrogens (primary N) is 1. The van der Waals surface area contributed by atoms with Crippen molar-refractivity contribution in [2.24, 2.45) is 5.73 Å². The van der Waals surface area contributed by atoms with Gasteiger partial charge in [-0.15, -0.1) is 0 Å². The Kier molecular flexibility index (Phi) is 5.28. The number of amides is 2. The molecular weight excluding hydrogens is 429 g/mol. The molecule has 25 heavy (non-hydrogen) atoms. The molecule has 0 bridgehead atoms. The van der Waals surface area contributed by atoms with Gasteiger partial charge in [-0.05, 0) is 52.4 Å². The number of benzene rings is 2. The van der Waals surface area contributed by atoms with Crippen molar-refractivity contribution in [2.45, 2.75) is 12.5 Å². The molecule has 0 fully saturated rings. The number of rotatable bonds is 5. The second-order valence-electron chi connectivity index (χ2n) is 5.64. The van der Waals surface area contributed by atoms with Gasteiger partial charge in [-0.3, -0.25) is 14.6 Å². The van der Waals surface area contributed by atoms with Gasteiger partial charge in [-0.1, -0.05) is 30.3 Å². The number of hydrogen-bond donors (Lipinski definition) is 2. The molecule has 0 saturated heterocycles. The van der Waals surface area contributed by atoms with Gasteiger partial charge in [0, 0.05) is 21.6 Å². The van der Waals surface area contributed by atoms with Crippen molar-refractivity contribution >= 4 is 45.3 Å². The molecule has 5 nitrogen and oxygen atoms in total. The maximum absolute atomic E-state index is 12.7. The van der Waals surface area contributed by atoms with Gasteiger partial charge in [-0.25, -0.2) is 0 Å². The summed E-state index contributed by atoms with van der Waals surface area (Å²) in [6.07, 6.45) is 1.98. The number of nitrogens with zero attached hydrogens (tertiary/aromatic N) is 1. The van der Waals surface area contributed by atoms with Crippen molar-refractivity contribution in [1.29, 1.82) is 0 Å². The SMILES string of the molecule is NC(=O)[C@@H](Cc1cccc(I)c1)NC(=O)c1cccc2cccnc12. The molecule has 0 spiro atoms. The summed E-state index contributed by atoms with van der Waals surface area (Å²) in [6, 6.07) is 16.0. The molecule has 0 aliphatic carbocycles. The average Bonchev–Trinajstić information content (AvgIpc) is 2.60. The van der Waals surface area contributed by atoms with Gasteiger partial charge < -0.3 is 11.1 Å². The summed E-state index contributed by atoms with van der Waals surface area (Å²) in [7, 11) is 0. The Balaban J connectivity index is 1.84. The van der Waals surface area contributed by atoms with Crippen LogP contribution in [0, 0.1) is 3.57 Å². The number of carbonyl (C=O) groups excluding carboxylic acids is 2. The Morgan fingerprint density at radius 1 is 1.12 bits per heavy atom. The smallest absolute Gasteiger partial charge is 0.254 e. The number of hydrogen-bond acceptors (Lipinski definition) is 3. The molecular formula is C19H16IN3O2. The Hall–Kier alpha value is -2.48. The first kappa shape index (κ1) is 17.3. The summed E-state index contributed by atoms with van der Waals surface area (Å²) in [5, 5.41) is 3.60. The Labute approximate surface area is 158 Å². The number of pyridine rings is 1. The third-order valence-corrected chi connectivity index (χ3v) is 4.53. The highest BCUT2D eigenvalue weighted by atomic mass is 127. The van der Waals surface area contributed by atoms with E-state index >= 15 is 0 Å². The van der Waals surface area contributed by atoms with Crippen molar-refractivity contribution in [2.75, 3.05) is 0 Å². The van der Waals surface area contributed by atoms with E-state index in [2.05, 4.69) is 32.9 Å². The number of aromatic nitrogens is 1. The van der Waals surface area contributed by atoms with Crippen molar-refractivity contribution in [1.82, 2.24) is 10.3 Å². The van der Waals surface area contributed by atoms with Crippen molar-refractivity contribution in [3.05, 3.63) is 75.5 Å². The monoisotopic (exact) mass is 445 g/mol. The van der Waals surface area contributed by atoms with E-state index in [9.17, 15) is 9.59 Å². The molecule has 0 saturated carbocycles. The summed E-state index contributed by atoms with van der Waals surface area (Å²) in [5.41, 5.74) is 7.45. The van der Waals surface area contributed by atoms with Crippen LogP contribution >= 0.6 is 22.6 Å². The average molecular weight is 445 g/mol. The molecule has 0 radical (unpaired) electrons. The lowest BCUT2D eigenvalue weighted by Gasteiger charge is -2.16. The minimum Gasteiger partial charge on any atom is -0.368 e. The largest absolute Gasteiger partial charge is 0.368 e. The van der Waals surface area contributed by atoms with Gasteiger partial charge in [-0.2, -0.15) is 0 Å². The van der Waals surface area contributed by atoms with Crippen molar-refractivity contribution in [3.63, 3.8) is 0 Å². The molecule has 2 aromatic carbocycles. The van der Waals surface area contributed by atoms with Crippen LogP contribution < -0.4 is 11.1 Å². The van der Waals surface area contributed by atoms with E-state index in [-0.39, 0.29) is 5.91 Å². The fourth-order valence-electron chi connectivity index (χ4n) is 2.65. The fourth-order valence-corrected chi connectivity index (χ4v) is 3.25. The quantitative estimate of drug-likeness (QED) is 0.593. The molecule has 0 aliphatic heterocycles. The zero-order valence-electron chi connectivity index (χ0n) is 13.3. The normalized spacial score (nSPS) is 11.9. The number of halogens is 1. The van der Waals surface area contributed by atoms with Crippen LogP contribution in [-0.2, 0) is 11.2 Å². The molecule has 3 N–H and O–H groups in total. The number of nitrogens with one attached hydrogen (secondary N) is 1. The molecule has 1 heterocycles. The van der Waals surface area contributed by atoms with Crippen LogP contribution in [0.5, 0.6) is 0 Å². The van der Waals surface area contributed by atoms with Gasteiger partial charge in [0.2, 0.25) is 5.91 Å². The Morgan fingerprint density at radius 2 is 1.88 bits per heavy atom. The third-order valence-electron chi connectivity index (χ3n) is 3.85. The summed E-state index contributed by atoms with van der Waals surface area (Å²) in [4.78, 5) is 28.8.